The van der Waals surface area contributed by atoms with Gasteiger partial charge in [0.05, 0.1) is 11.5 Å². The van der Waals surface area contributed by atoms with E-state index in [1.807, 2.05) is 43.4 Å². The number of fused-ring (bicyclic) bond motifs is 4. The largest absolute Gasteiger partial charge is 0.353 e. The number of benzene rings is 2. The SMILES string of the molecule is CN(C(=O)CCl)C12CNC(=O)C(C(c3ccccc3)C1)C(c1ccccc1)C2. The van der Waals surface area contributed by atoms with E-state index < -0.39 is 5.54 Å². The minimum Gasteiger partial charge on any atom is -0.353 e. The van der Waals surface area contributed by atoms with Crippen LogP contribution < -0.4 is 5.32 Å². The molecule has 5 rings (SSSR count). The highest BCUT2D eigenvalue weighted by Gasteiger charge is 2.54. The van der Waals surface area contributed by atoms with Crippen molar-refractivity contribution in [2.75, 3.05) is 19.5 Å². The number of hydrogen-bond donors (Lipinski definition) is 1. The molecular weight excluding hydrogens is 372 g/mol. The van der Waals surface area contributed by atoms with Crippen LogP contribution in [0.1, 0.15) is 35.8 Å². The summed E-state index contributed by atoms with van der Waals surface area (Å²) in [5.41, 5.74) is 1.86. The lowest BCUT2D eigenvalue weighted by molar-refractivity contribution is -0.134. The first-order valence-corrected chi connectivity index (χ1v) is 10.3. The third-order valence-electron chi connectivity index (χ3n) is 6.62. The fourth-order valence-electron chi connectivity index (χ4n) is 5.11. The predicted molar refractivity (Wildman–Crippen MR) is 110 cm³/mol. The highest BCUT2D eigenvalue weighted by molar-refractivity contribution is 6.27. The maximum absolute atomic E-state index is 13.2. The maximum Gasteiger partial charge on any atom is 0.237 e. The number of amides is 2. The van der Waals surface area contributed by atoms with Gasteiger partial charge in [0, 0.05) is 13.6 Å². The summed E-state index contributed by atoms with van der Waals surface area (Å²) in [6.45, 7) is 0.466. The second-order valence-electron chi connectivity index (χ2n) is 8.00. The highest BCUT2D eigenvalue weighted by atomic mass is 35.5. The fraction of sp³-hybridized carbons (Fsp3) is 0.391. The van der Waals surface area contributed by atoms with Gasteiger partial charge in [-0.05, 0) is 35.8 Å². The van der Waals surface area contributed by atoms with Crippen LogP contribution in [0.2, 0.25) is 0 Å². The third kappa shape index (κ3) is 3.20. The Labute approximate surface area is 170 Å². The standard InChI is InChI=1S/C23H25ClN2O2/c1-26(20(27)14-24)23-12-18(16-8-4-2-5-9-16)21(22(28)25-15-23)19(13-23)17-10-6-3-7-11-17/h2-11,18-19,21H,12-15H2,1H3,(H,25,28). The van der Waals surface area contributed by atoms with Gasteiger partial charge in [-0.25, -0.2) is 0 Å². The van der Waals surface area contributed by atoms with E-state index in [9.17, 15) is 9.59 Å². The van der Waals surface area contributed by atoms with Crippen LogP contribution in [0.3, 0.4) is 0 Å². The van der Waals surface area contributed by atoms with Gasteiger partial charge in [0.1, 0.15) is 5.88 Å². The zero-order valence-electron chi connectivity index (χ0n) is 16.0. The monoisotopic (exact) mass is 396 g/mol. The number of carbonyl (C=O) groups is 2. The Morgan fingerprint density at radius 1 is 1.04 bits per heavy atom. The molecule has 1 saturated carbocycles. The van der Waals surface area contributed by atoms with E-state index in [1.165, 1.54) is 0 Å². The van der Waals surface area contributed by atoms with Gasteiger partial charge in [-0.3, -0.25) is 9.59 Å². The van der Waals surface area contributed by atoms with Crippen LogP contribution in [-0.2, 0) is 9.59 Å². The first-order valence-electron chi connectivity index (χ1n) is 9.76. The molecule has 1 N–H and O–H groups in total. The van der Waals surface area contributed by atoms with E-state index in [1.54, 1.807) is 4.90 Å². The van der Waals surface area contributed by atoms with Crippen LogP contribution in [0, 0.1) is 5.92 Å². The summed E-state index contributed by atoms with van der Waals surface area (Å²) in [6, 6.07) is 20.4. The summed E-state index contributed by atoms with van der Waals surface area (Å²) in [5, 5.41) is 3.13. The first kappa shape index (κ1) is 19.0. The molecule has 3 aliphatic rings. The predicted octanol–water partition coefficient (Wildman–Crippen LogP) is 3.53. The number of halogens is 1. The van der Waals surface area contributed by atoms with Crippen molar-refractivity contribution >= 4 is 23.4 Å². The smallest absolute Gasteiger partial charge is 0.237 e. The summed E-state index contributed by atoms with van der Waals surface area (Å²) in [5.74, 6) is -0.133. The molecule has 28 heavy (non-hydrogen) atoms. The van der Waals surface area contributed by atoms with Gasteiger partial charge in [0.2, 0.25) is 11.8 Å². The summed E-state index contributed by atoms with van der Waals surface area (Å²) < 4.78 is 0. The quantitative estimate of drug-likeness (QED) is 0.804. The number of likely N-dealkylation sites (N-methyl/N-ethyl adjacent to an activating group) is 1. The molecule has 2 saturated heterocycles. The molecule has 5 heteroatoms. The van der Waals surface area contributed by atoms with E-state index in [2.05, 4.69) is 29.6 Å². The molecule has 0 spiro atoms. The van der Waals surface area contributed by atoms with Gasteiger partial charge in [0.15, 0.2) is 0 Å². The van der Waals surface area contributed by atoms with E-state index >= 15 is 0 Å². The van der Waals surface area contributed by atoms with Gasteiger partial charge in [-0.15, -0.1) is 11.6 Å². The lowest BCUT2D eigenvalue weighted by atomic mass is 9.61. The Kier molecular flexibility index (Phi) is 5.15. The Morgan fingerprint density at radius 2 is 1.54 bits per heavy atom. The minimum absolute atomic E-state index is 0.0493. The molecule has 0 radical (unpaired) electrons. The van der Waals surface area contributed by atoms with Crippen LogP contribution in [0.25, 0.3) is 0 Å². The average Bonchev–Trinajstić information content (AvgIpc) is 3.00. The number of carbonyl (C=O) groups excluding carboxylic acids is 2. The van der Waals surface area contributed by atoms with Crippen molar-refractivity contribution in [1.82, 2.24) is 10.2 Å². The number of rotatable bonds is 4. The molecule has 2 aromatic carbocycles. The molecule has 2 amide bonds. The molecule has 146 valence electrons. The highest BCUT2D eigenvalue weighted by Crippen LogP contribution is 2.53. The fourth-order valence-corrected chi connectivity index (χ4v) is 5.29. The van der Waals surface area contributed by atoms with Crippen LogP contribution in [0.5, 0.6) is 0 Å². The van der Waals surface area contributed by atoms with Gasteiger partial charge in [-0.1, -0.05) is 60.7 Å². The van der Waals surface area contributed by atoms with Crippen LogP contribution >= 0.6 is 11.6 Å². The van der Waals surface area contributed by atoms with Gasteiger partial charge in [0.25, 0.3) is 0 Å². The summed E-state index contributed by atoms with van der Waals surface area (Å²) >= 11 is 5.90. The Morgan fingerprint density at radius 3 is 2.00 bits per heavy atom. The molecule has 2 atom stereocenters. The molecule has 2 aliphatic heterocycles. The van der Waals surface area contributed by atoms with Crippen molar-refractivity contribution in [2.45, 2.75) is 30.2 Å². The minimum atomic E-state index is -0.449. The second-order valence-corrected chi connectivity index (χ2v) is 8.26. The maximum atomic E-state index is 13.2. The zero-order valence-corrected chi connectivity index (χ0v) is 16.7. The lowest BCUT2D eigenvalue weighted by Gasteiger charge is -2.49. The van der Waals surface area contributed by atoms with Gasteiger partial charge < -0.3 is 10.2 Å². The molecule has 2 bridgehead atoms. The molecular formula is C23H25ClN2O2. The van der Waals surface area contributed by atoms with E-state index in [0.29, 0.717) is 6.54 Å². The van der Waals surface area contributed by atoms with Gasteiger partial charge >= 0.3 is 0 Å². The molecule has 0 aromatic heterocycles. The molecule has 2 unspecified atom stereocenters. The van der Waals surface area contributed by atoms with Crippen molar-refractivity contribution < 1.29 is 9.59 Å². The molecule has 4 nitrogen and oxygen atoms in total. The topological polar surface area (TPSA) is 49.4 Å². The van der Waals surface area contributed by atoms with Crippen molar-refractivity contribution in [3.8, 4) is 0 Å². The Bertz CT molecular complexity index is 806. The summed E-state index contributed by atoms with van der Waals surface area (Å²) in [6.07, 6.45) is 1.51. The third-order valence-corrected chi connectivity index (χ3v) is 6.85. The zero-order chi connectivity index (χ0) is 19.7. The van der Waals surface area contributed by atoms with Crippen molar-refractivity contribution in [3.63, 3.8) is 0 Å². The molecule has 2 aromatic rings. The van der Waals surface area contributed by atoms with Gasteiger partial charge in [-0.2, -0.15) is 0 Å². The van der Waals surface area contributed by atoms with Crippen molar-refractivity contribution in [3.05, 3.63) is 71.8 Å². The van der Waals surface area contributed by atoms with Crippen molar-refractivity contribution in [2.24, 2.45) is 5.92 Å². The number of nitrogens with zero attached hydrogens (tertiary/aromatic N) is 1. The summed E-state index contributed by atoms with van der Waals surface area (Å²) in [7, 11) is 1.83. The normalized spacial score (nSPS) is 29.1. The Hall–Kier alpha value is -2.33. The average molecular weight is 397 g/mol. The summed E-state index contributed by atoms with van der Waals surface area (Å²) in [4.78, 5) is 27.5. The first-order chi connectivity index (χ1) is 13.6. The lowest BCUT2D eigenvalue weighted by Crippen LogP contribution is -2.57. The molecule has 3 fully saturated rings. The molecule has 1 aliphatic carbocycles. The number of alkyl halides is 1. The number of hydrogen-bond acceptors (Lipinski definition) is 2. The van der Waals surface area contributed by atoms with Crippen LogP contribution in [0.15, 0.2) is 60.7 Å². The van der Waals surface area contributed by atoms with E-state index in [0.717, 1.165) is 24.0 Å². The van der Waals surface area contributed by atoms with E-state index in [4.69, 9.17) is 11.6 Å². The van der Waals surface area contributed by atoms with Crippen LogP contribution in [0.4, 0.5) is 0 Å². The molecule has 2 heterocycles. The van der Waals surface area contributed by atoms with Crippen molar-refractivity contribution in [1.29, 1.82) is 0 Å². The number of nitrogens with one attached hydrogen (secondary N) is 1. The van der Waals surface area contributed by atoms with E-state index in [-0.39, 0.29) is 35.4 Å². The van der Waals surface area contributed by atoms with Crippen LogP contribution in [-0.4, -0.2) is 41.7 Å². The second kappa shape index (κ2) is 7.59. The Balaban J connectivity index is 1.85.